The van der Waals surface area contributed by atoms with Crippen LogP contribution in [-0.2, 0) is 7.05 Å². The summed E-state index contributed by atoms with van der Waals surface area (Å²) in [6, 6.07) is 9.77. The number of ether oxygens (including phenoxy) is 1. The molecule has 0 radical (unpaired) electrons. The van der Waals surface area contributed by atoms with Crippen LogP contribution in [0.3, 0.4) is 0 Å². The van der Waals surface area contributed by atoms with Crippen molar-refractivity contribution in [1.82, 2.24) is 20.0 Å². The minimum atomic E-state index is -0.661. The van der Waals surface area contributed by atoms with Crippen LogP contribution < -0.4 is 26.5 Å². The molecule has 0 aliphatic heterocycles. The molecule has 9 nitrogen and oxygen atoms in total. The Kier molecular flexibility index (Phi) is 5.66. The van der Waals surface area contributed by atoms with Crippen molar-refractivity contribution in [2.45, 2.75) is 37.0 Å². The maximum atomic E-state index is 11.9. The van der Waals surface area contributed by atoms with Gasteiger partial charge in [-0.25, -0.2) is 0 Å². The highest BCUT2D eigenvalue weighted by molar-refractivity contribution is 7.67. The Bertz CT molecular complexity index is 1190. The van der Waals surface area contributed by atoms with Crippen molar-refractivity contribution in [2.75, 3.05) is 24.8 Å². The first-order valence-electron chi connectivity index (χ1n) is 11.1. The Morgan fingerprint density at radius 3 is 2.48 bits per heavy atom. The lowest BCUT2D eigenvalue weighted by Crippen LogP contribution is -2.17. The van der Waals surface area contributed by atoms with Gasteiger partial charge in [-0.15, -0.1) is 10.2 Å². The predicted molar refractivity (Wildman–Crippen MR) is 131 cm³/mol. The monoisotopic (exact) mass is 465 g/mol. The topological polar surface area (TPSA) is 120 Å². The van der Waals surface area contributed by atoms with Crippen molar-refractivity contribution in [1.29, 1.82) is 0 Å². The van der Waals surface area contributed by atoms with E-state index in [2.05, 4.69) is 38.6 Å². The predicted octanol–water partition coefficient (Wildman–Crippen LogP) is 3.20. The number of anilines is 3. The number of nitrogens with one attached hydrogen (secondary N) is 2. The summed E-state index contributed by atoms with van der Waals surface area (Å²) in [7, 11) is 5.26. The number of rotatable bonds is 9. The van der Waals surface area contributed by atoms with Gasteiger partial charge in [-0.1, -0.05) is 6.07 Å². The first-order chi connectivity index (χ1) is 16.0. The van der Waals surface area contributed by atoms with Crippen LogP contribution in [-0.4, -0.2) is 51.4 Å². The zero-order valence-corrected chi connectivity index (χ0v) is 19.9. The molecule has 2 heterocycles. The number of benzene rings is 1. The maximum Gasteiger partial charge on any atom is 0.271 e. The molecule has 0 saturated heterocycles. The standard InChI is InChI=1S/C23H28N7O2P/c1-25-19-11-18(21(23(24)31)28-27-19)26-16-6-4-5-15(22(16)32-3)17-12-20(30(2)29-17)33(13-7-8-13)14-9-10-14/h4-6,11-14H,7-10H2,1-3H3,(H2,24,31)(H2,25,26,27). The van der Waals surface area contributed by atoms with E-state index in [0.29, 0.717) is 22.9 Å². The molecule has 2 aromatic heterocycles. The molecule has 1 amide bonds. The van der Waals surface area contributed by atoms with Crippen molar-refractivity contribution in [3.05, 3.63) is 36.0 Å². The molecule has 4 N–H and O–H groups in total. The zero-order valence-electron chi connectivity index (χ0n) is 19.0. The molecule has 2 fully saturated rings. The fourth-order valence-electron chi connectivity index (χ4n) is 4.20. The number of hydrogen-bond donors (Lipinski definition) is 3. The highest BCUT2D eigenvalue weighted by Gasteiger charge is 2.43. The first kappa shape index (κ1) is 21.6. The van der Waals surface area contributed by atoms with E-state index in [1.54, 1.807) is 20.2 Å². The molecule has 0 spiro atoms. The van der Waals surface area contributed by atoms with Gasteiger partial charge >= 0.3 is 0 Å². The van der Waals surface area contributed by atoms with E-state index >= 15 is 0 Å². The molecular weight excluding hydrogens is 437 g/mol. The van der Waals surface area contributed by atoms with Gasteiger partial charge in [0.1, 0.15) is 0 Å². The summed E-state index contributed by atoms with van der Waals surface area (Å²) in [5, 5.41) is 19.0. The van der Waals surface area contributed by atoms with E-state index < -0.39 is 5.91 Å². The second kappa shape index (κ2) is 8.63. The van der Waals surface area contributed by atoms with Gasteiger partial charge in [0.05, 0.1) is 29.6 Å². The van der Waals surface area contributed by atoms with Gasteiger partial charge in [0, 0.05) is 25.7 Å². The highest BCUT2D eigenvalue weighted by Crippen LogP contribution is 2.63. The molecule has 2 saturated carbocycles. The summed E-state index contributed by atoms with van der Waals surface area (Å²) in [6.07, 6.45) is 5.40. The quantitative estimate of drug-likeness (QED) is 0.415. The first-order valence-corrected chi connectivity index (χ1v) is 12.6. The molecule has 172 valence electrons. The molecule has 2 aliphatic carbocycles. The van der Waals surface area contributed by atoms with Crippen LogP contribution in [0, 0.1) is 0 Å². The van der Waals surface area contributed by atoms with Gasteiger partial charge in [0.2, 0.25) is 0 Å². The van der Waals surface area contributed by atoms with E-state index in [1.165, 1.54) is 31.1 Å². The van der Waals surface area contributed by atoms with Crippen LogP contribution in [0.15, 0.2) is 30.3 Å². The normalized spacial score (nSPS) is 15.5. The third-order valence-corrected chi connectivity index (χ3v) is 9.60. The van der Waals surface area contributed by atoms with Gasteiger partial charge in [-0.2, -0.15) is 5.10 Å². The van der Waals surface area contributed by atoms with Gasteiger partial charge in [0.25, 0.3) is 5.91 Å². The second-order valence-electron chi connectivity index (χ2n) is 8.50. The van der Waals surface area contributed by atoms with Gasteiger partial charge in [0.15, 0.2) is 17.3 Å². The Balaban J connectivity index is 1.52. The average Bonchev–Trinajstić information content (AvgIpc) is 3.74. The maximum absolute atomic E-state index is 11.9. The van der Waals surface area contributed by atoms with Crippen LogP contribution >= 0.6 is 7.92 Å². The van der Waals surface area contributed by atoms with Gasteiger partial charge in [-0.3, -0.25) is 9.48 Å². The van der Waals surface area contributed by atoms with Crippen LogP contribution in [0.25, 0.3) is 11.3 Å². The van der Waals surface area contributed by atoms with Crippen molar-refractivity contribution in [3.8, 4) is 17.0 Å². The number of hydrogen-bond acceptors (Lipinski definition) is 7. The third kappa shape index (κ3) is 4.25. The van der Waals surface area contributed by atoms with Crippen LogP contribution in [0.1, 0.15) is 36.2 Å². The molecule has 10 heteroatoms. The number of primary amides is 1. The largest absolute Gasteiger partial charge is 0.494 e. The third-order valence-electron chi connectivity index (χ3n) is 6.05. The van der Waals surface area contributed by atoms with Gasteiger partial charge < -0.3 is 21.1 Å². The summed E-state index contributed by atoms with van der Waals surface area (Å²) in [5.41, 5.74) is 11.6. The smallest absolute Gasteiger partial charge is 0.271 e. The molecule has 33 heavy (non-hydrogen) atoms. The number of nitrogens with two attached hydrogens (primary N) is 1. The van der Waals surface area contributed by atoms with Crippen LogP contribution in [0.4, 0.5) is 17.2 Å². The lowest BCUT2D eigenvalue weighted by Gasteiger charge is -2.16. The van der Waals surface area contributed by atoms with E-state index in [1.807, 2.05) is 18.2 Å². The Morgan fingerprint density at radius 1 is 1.15 bits per heavy atom. The second-order valence-corrected chi connectivity index (χ2v) is 11.2. The number of para-hydroxylation sites is 1. The molecule has 0 bridgehead atoms. The minimum Gasteiger partial charge on any atom is -0.494 e. The summed E-state index contributed by atoms with van der Waals surface area (Å²) >= 11 is 0. The van der Waals surface area contributed by atoms with E-state index in [4.69, 9.17) is 15.6 Å². The van der Waals surface area contributed by atoms with Crippen molar-refractivity contribution in [2.24, 2.45) is 12.8 Å². The lowest BCUT2D eigenvalue weighted by atomic mass is 10.1. The molecule has 0 unspecified atom stereocenters. The van der Waals surface area contributed by atoms with Crippen molar-refractivity contribution < 1.29 is 9.53 Å². The number of carbonyl (C=O) groups is 1. The summed E-state index contributed by atoms with van der Waals surface area (Å²) < 4.78 is 7.88. The van der Waals surface area contributed by atoms with Gasteiger partial charge in [-0.05, 0) is 63.1 Å². The number of nitrogens with zero attached hydrogens (tertiary/aromatic N) is 4. The number of carbonyl (C=O) groups excluding carboxylic acids is 1. The van der Waals surface area contributed by atoms with Crippen LogP contribution in [0.5, 0.6) is 5.75 Å². The Morgan fingerprint density at radius 2 is 1.88 bits per heavy atom. The fraction of sp³-hybridized carbons (Fsp3) is 0.391. The summed E-state index contributed by atoms with van der Waals surface area (Å²) in [4.78, 5) is 11.9. The molecule has 5 rings (SSSR count). The molecular formula is C23H28N7O2P. The van der Waals surface area contributed by atoms with E-state index in [0.717, 1.165) is 22.6 Å². The average molecular weight is 465 g/mol. The number of amides is 1. The van der Waals surface area contributed by atoms with Crippen LogP contribution in [0.2, 0.25) is 0 Å². The number of aryl methyl sites for hydroxylation is 1. The molecule has 0 atom stereocenters. The number of methoxy groups -OCH3 is 1. The summed E-state index contributed by atoms with van der Waals surface area (Å²) in [5.74, 6) is 0.494. The Hall–Kier alpha value is -3.19. The zero-order chi connectivity index (χ0) is 23.1. The van der Waals surface area contributed by atoms with Crippen molar-refractivity contribution >= 4 is 36.5 Å². The van der Waals surface area contributed by atoms with E-state index in [-0.39, 0.29) is 13.6 Å². The summed E-state index contributed by atoms with van der Waals surface area (Å²) in [6.45, 7) is 0. The fourth-order valence-corrected chi connectivity index (χ4v) is 7.61. The molecule has 1 aromatic carbocycles. The minimum absolute atomic E-state index is 0.0566. The number of aromatic nitrogens is 4. The molecule has 2 aliphatic rings. The lowest BCUT2D eigenvalue weighted by molar-refractivity contribution is 0.0995. The SMILES string of the molecule is CNc1cc(Nc2cccc(-c3cc(P(C4CC4)C4CC4)n(C)n3)c2OC)c(C(N)=O)nn1. The van der Waals surface area contributed by atoms with Crippen molar-refractivity contribution in [3.63, 3.8) is 0 Å². The highest BCUT2D eigenvalue weighted by atomic mass is 31.1. The molecule has 3 aromatic rings. The Labute approximate surface area is 193 Å². The van der Waals surface area contributed by atoms with E-state index in [9.17, 15) is 4.79 Å².